The monoisotopic (exact) mass is 336 g/mol. The SMILES string of the molecule is COC(=O)CC(C)SCc1ccc(Br)cc1Cl. The number of esters is 1. The van der Waals surface area contributed by atoms with E-state index in [4.69, 9.17) is 11.6 Å². The van der Waals surface area contributed by atoms with Crippen molar-refractivity contribution in [1.82, 2.24) is 0 Å². The number of hydrogen-bond acceptors (Lipinski definition) is 3. The Labute approximate surface area is 119 Å². The van der Waals surface area contributed by atoms with Crippen LogP contribution in [0.3, 0.4) is 0 Å². The third-order valence-electron chi connectivity index (χ3n) is 2.22. The molecule has 0 aliphatic carbocycles. The van der Waals surface area contributed by atoms with Gasteiger partial charge in [0.1, 0.15) is 0 Å². The van der Waals surface area contributed by atoms with E-state index in [0.29, 0.717) is 6.42 Å². The fourth-order valence-corrected chi connectivity index (χ4v) is 3.04. The second-order valence-corrected chi connectivity index (χ2v) is 6.39. The molecule has 5 heteroatoms. The van der Waals surface area contributed by atoms with Gasteiger partial charge in [-0.1, -0.05) is 40.5 Å². The third kappa shape index (κ3) is 5.32. The summed E-state index contributed by atoms with van der Waals surface area (Å²) in [6, 6.07) is 5.83. The number of rotatable bonds is 5. The first-order valence-electron chi connectivity index (χ1n) is 5.15. The number of halogens is 2. The average Bonchev–Trinajstić information content (AvgIpc) is 2.27. The second kappa shape index (κ2) is 7.29. The van der Waals surface area contributed by atoms with E-state index in [0.717, 1.165) is 20.8 Å². The van der Waals surface area contributed by atoms with Gasteiger partial charge in [0, 0.05) is 20.5 Å². The molecule has 0 bridgehead atoms. The van der Waals surface area contributed by atoms with Crippen molar-refractivity contribution in [3.63, 3.8) is 0 Å². The second-order valence-electron chi connectivity index (χ2n) is 3.64. The molecule has 0 aromatic heterocycles. The van der Waals surface area contributed by atoms with Crippen LogP contribution in [0.4, 0.5) is 0 Å². The van der Waals surface area contributed by atoms with Gasteiger partial charge in [-0.3, -0.25) is 4.79 Å². The van der Waals surface area contributed by atoms with Crippen molar-refractivity contribution in [3.8, 4) is 0 Å². The fourth-order valence-electron chi connectivity index (χ4n) is 1.25. The number of hydrogen-bond donors (Lipinski definition) is 0. The predicted molar refractivity (Wildman–Crippen MR) is 76.5 cm³/mol. The molecule has 0 amide bonds. The highest BCUT2D eigenvalue weighted by molar-refractivity contribution is 9.10. The van der Waals surface area contributed by atoms with Crippen LogP contribution in [0.5, 0.6) is 0 Å². The Bertz CT molecular complexity index is 398. The van der Waals surface area contributed by atoms with Crippen LogP contribution in [-0.2, 0) is 15.3 Å². The normalized spacial score (nSPS) is 12.2. The summed E-state index contributed by atoms with van der Waals surface area (Å²) in [6.45, 7) is 2.01. The molecule has 1 rings (SSSR count). The van der Waals surface area contributed by atoms with Crippen LogP contribution >= 0.6 is 39.3 Å². The van der Waals surface area contributed by atoms with Crippen molar-refractivity contribution in [1.29, 1.82) is 0 Å². The van der Waals surface area contributed by atoms with E-state index in [1.54, 1.807) is 11.8 Å². The van der Waals surface area contributed by atoms with Crippen molar-refractivity contribution in [3.05, 3.63) is 33.3 Å². The average molecular weight is 338 g/mol. The van der Waals surface area contributed by atoms with Crippen LogP contribution in [0.15, 0.2) is 22.7 Å². The van der Waals surface area contributed by atoms with E-state index in [1.807, 2.05) is 25.1 Å². The van der Waals surface area contributed by atoms with Crippen LogP contribution in [0.2, 0.25) is 5.02 Å². The van der Waals surface area contributed by atoms with Crippen LogP contribution < -0.4 is 0 Å². The number of thioether (sulfide) groups is 1. The van der Waals surface area contributed by atoms with E-state index >= 15 is 0 Å². The number of methoxy groups -OCH3 is 1. The summed E-state index contributed by atoms with van der Waals surface area (Å²) >= 11 is 11.2. The van der Waals surface area contributed by atoms with Gasteiger partial charge in [-0.25, -0.2) is 0 Å². The number of carbonyl (C=O) groups excluding carboxylic acids is 1. The standard InChI is InChI=1S/C12H14BrClO2S/c1-8(5-12(15)16-2)17-7-9-3-4-10(13)6-11(9)14/h3-4,6,8H,5,7H2,1-2H3. The molecule has 1 aromatic rings. The van der Waals surface area contributed by atoms with E-state index in [9.17, 15) is 4.79 Å². The summed E-state index contributed by atoms with van der Waals surface area (Å²) in [5, 5.41) is 0.972. The van der Waals surface area contributed by atoms with Gasteiger partial charge in [0.15, 0.2) is 0 Å². The summed E-state index contributed by atoms with van der Waals surface area (Å²) in [4.78, 5) is 11.1. The number of benzene rings is 1. The summed E-state index contributed by atoms with van der Waals surface area (Å²) in [5.41, 5.74) is 1.08. The van der Waals surface area contributed by atoms with Gasteiger partial charge >= 0.3 is 5.97 Å². The Morgan fingerprint density at radius 2 is 2.29 bits per heavy atom. The molecular weight excluding hydrogens is 324 g/mol. The highest BCUT2D eigenvalue weighted by Gasteiger charge is 2.10. The van der Waals surface area contributed by atoms with Crippen molar-refractivity contribution in [2.24, 2.45) is 0 Å². The minimum absolute atomic E-state index is 0.174. The molecule has 0 aliphatic heterocycles. The first kappa shape index (κ1) is 14.9. The predicted octanol–water partition coefficient (Wildman–Crippen LogP) is 4.29. The van der Waals surface area contributed by atoms with E-state index in [2.05, 4.69) is 20.7 Å². The van der Waals surface area contributed by atoms with Crippen molar-refractivity contribution < 1.29 is 9.53 Å². The van der Waals surface area contributed by atoms with E-state index in [1.165, 1.54) is 7.11 Å². The van der Waals surface area contributed by atoms with Gasteiger partial charge in [0.2, 0.25) is 0 Å². The topological polar surface area (TPSA) is 26.3 Å². The number of carbonyl (C=O) groups is 1. The summed E-state index contributed by atoms with van der Waals surface area (Å²) in [7, 11) is 1.41. The van der Waals surface area contributed by atoms with Crippen LogP contribution in [0, 0.1) is 0 Å². The van der Waals surface area contributed by atoms with Crippen molar-refractivity contribution in [2.45, 2.75) is 24.3 Å². The molecule has 0 spiro atoms. The molecule has 0 saturated carbocycles. The zero-order chi connectivity index (χ0) is 12.8. The van der Waals surface area contributed by atoms with Crippen LogP contribution in [0.1, 0.15) is 18.9 Å². The maximum atomic E-state index is 11.1. The molecule has 1 atom stereocenters. The first-order chi connectivity index (χ1) is 8.02. The molecule has 17 heavy (non-hydrogen) atoms. The van der Waals surface area contributed by atoms with Crippen molar-refractivity contribution in [2.75, 3.05) is 7.11 Å². The maximum absolute atomic E-state index is 11.1. The molecule has 94 valence electrons. The Morgan fingerprint density at radius 3 is 2.88 bits per heavy atom. The molecule has 0 radical (unpaired) electrons. The summed E-state index contributed by atoms with van der Waals surface area (Å²) in [5.74, 6) is 0.622. The van der Waals surface area contributed by atoms with E-state index < -0.39 is 0 Å². The van der Waals surface area contributed by atoms with E-state index in [-0.39, 0.29) is 11.2 Å². The van der Waals surface area contributed by atoms with Gasteiger partial charge < -0.3 is 4.74 Å². The van der Waals surface area contributed by atoms with Gasteiger partial charge in [0.25, 0.3) is 0 Å². The summed E-state index contributed by atoms with van der Waals surface area (Å²) in [6.07, 6.45) is 0.426. The van der Waals surface area contributed by atoms with Crippen molar-refractivity contribution >= 4 is 45.3 Å². The first-order valence-corrected chi connectivity index (χ1v) is 7.37. The molecule has 2 nitrogen and oxygen atoms in total. The molecule has 1 aromatic carbocycles. The van der Waals surface area contributed by atoms with Gasteiger partial charge in [-0.2, -0.15) is 11.8 Å². The lowest BCUT2D eigenvalue weighted by Gasteiger charge is -2.10. The minimum atomic E-state index is -0.174. The number of ether oxygens (including phenoxy) is 1. The third-order valence-corrected chi connectivity index (χ3v) is 4.28. The molecule has 0 heterocycles. The fraction of sp³-hybridized carbons (Fsp3) is 0.417. The minimum Gasteiger partial charge on any atom is -0.469 e. The van der Waals surface area contributed by atoms with Gasteiger partial charge in [-0.15, -0.1) is 0 Å². The zero-order valence-electron chi connectivity index (χ0n) is 9.70. The van der Waals surface area contributed by atoms with Crippen LogP contribution in [-0.4, -0.2) is 18.3 Å². The summed E-state index contributed by atoms with van der Waals surface area (Å²) < 4.78 is 5.60. The van der Waals surface area contributed by atoms with Crippen LogP contribution in [0.25, 0.3) is 0 Å². The lowest BCUT2D eigenvalue weighted by Crippen LogP contribution is -2.08. The quantitative estimate of drug-likeness (QED) is 0.750. The molecule has 0 saturated heterocycles. The molecule has 1 unspecified atom stereocenters. The molecule has 0 N–H and O–H groups in total. The smallest absolute Gasteiger partial charge is 0.306 e. The van der Waals surface area contributed by atoms with Gasteiger partial charge in [-0.05, 0) is 17.7 Å². The zero-order valence-corrected chi connectivity index (χ0v) is 12.9. The maximum Gasteiger partial charge on any atom is 0.306 e. The Morgan fingerprint density at radius 1 is 1.59 bits per heavy atom. The molecular formula is C12H14BrClO2S. The molecule has 0 aliphatic rings. The lowest BCUT2D eigenvalue weighted by molar-refractivity contribution is -0.140. The molecule has 0 fully saturated rings. The lowest BCUT2D eigenvalue weighted by atomic mass is 10.2. The Balaban J connectivity index is 2.47. The Hall–Kier alpha value is -0.190. The highest BCUT2D eigenvalue weighted by atomic mass is 79.9. The largest absolute Gasteiger partial charge is 0.469 e. The van der Waals surface area contributed by atoms with Gasteiger partial charge in [0.05, 0.1) is 13.5 Å². The highest BCUT2D eigenvalue weighted by Crippen LogP contribution is 2.27. The Kier molecular flexibility index (Phi) is 6.38.